The van der Waals surface area contributed by atoms with Crippen LogP contribution in [0.25, 0.3) is 0 Å². The first-order chi connectivity index (χ1) is 10.6. The summed E-state index contributed by atoms with van der Waals surface area (Å²) in [5.74, 6) is -1.27. The quantitative estimate of drug-likeness (QED) is 0.548. The van der Waals surface area contributed by atoms with Crippen LogP contribution in [0.15, 0.2) is 30.3 Å². The molecule has 7 nitrogen and oxygen atoms in total. The smallest absolute Gasteiger partial charge is 0.325 e. The van der Waals surface area contributed by atoms with Crippen LogP contribution in [0.5, 0.6) is 0 Å². The van der Waals surface area contributed by atoms with Crippen LogP contribution in [0.4, 0.5) is 0 Å². The number of rotatable bonds is 8. The van der Waals surface area contributed by atoms with Gasteiger partial charge in [-0.2, -0.15) is 0 Å². The largest absolute Gasteiger partial charge is 0.468 e. The molecule has 22 heavy (non-hydrogen) atoms. The van der Waals surface area contributed by atoms with Gasteiger partial charge in [0, 0.05) is 6.42 Å². The molecule has 1 aromatic rings. The number of methoxy groups -OCH3 is 1. The van der Waals surface area contributed by atoms with E-state index in [0.29, 0.717) is 6.42 Å². The van der Waals surface area contributed by atoms with E-state index < -0.39 is 17.9 Å². The maximum atomic E-state index is 12.2. The normalized spacial score (nSPS) is 11.4. The fraction of sp³-hybridized carbons (Fsp3) is 0.400. The Bertz CT molecular complexity index is 505. The van der Waals surface area contributed by atoms with Gasteiger partial charge in [-0.1, -0.05) is 30.3 Å². The molecule has 0 aromatic heterocycles. The lowest BCUT2D eigenvalue weighted by molar-refractivity contribution is -0.141. The summed E-state index contributed by atoms with van der Waals surface area (Å²) in [5, 5.41) is 7.81. The molecular formula is C15H21N3O4. The topological polar surface area (TPSA) is 96.5 Å². The Morgan fingerprint density at radius 2 is 1.82 bits per heavy atom. The van der Waals surface area contributed by atoms with Crippen LogP contribution in [0.3, 0.4) is 0 Å². The highest BCUT2D eigenvalue weighted by molar-refractivity contribution is 5.90. The van der Waals surface area contributed by atoms with Crippen molar-refractivity contribution in [2.24, 2.45) is 0 Å². The zero-order chi connectivity index (χ0) is 16.4. The average molecular weight is 307 g/mol. The Kier molecular flexibility index (Phi) is 7.63. The van der Waals surface area contributed by atoms with Gasteiger partial charge < -0.3 is 20.7 Å². The summed E-state index contributed by atoms with van der Waals surface area (Å²) < 4.78 is 4.47. The molecule has 0 unspecified atom stereocenters. The van der Waals surface area contributed by atoms with Crippen molar-refractivity contribution >= 4 is 17.8 Å². The molecule has 0 spiro atoms. The van der Waals surface area contributed by atoms with Crippen LogP contribution >= 0.6 is 0 Å². The molecule has 0 bridgehead atoms. The second kappa shape index (κ2) is 9.51. The van der Waals surface area contributed by atoms with Gasteiger partial charge in [-0.3, -0.25) is 14.4 Å². The molecule has 1 aromatic carbocycles. The van der Waals surface area contributed by atoms with Crippen molar-refractivity contribution in [3.8, 4) is 0 Å². The zero-order valence-electron chi connectivity index (χ0n) is 12.7. The van der Waals surface area contributed by atoms with Crippen LogP contribution in [0.2, 0.25) is 0 Å². The zero-order valence-corrected chi connectivity index (χ0v) is 12.7. The van der Waals surface area contributed by atoms with E-state index in [1.54, 1.807) is 7.05 Å². The lowest BCUT2D eigenvalue weighted by Gasteiger charge is -2.18. The predicted molar refractivity (Wildman–Crippen MR) is 81.0 cm³/mol. The number of hydrogen-bond acceptors (Lipinski definition) is 5. The number of benzene rings is 1. The Morgan fingerprint density at radius 1 is 1.14 bits per heavy atom. The first-order valence-electron chi connectivity index (χ1n) is 6.89. The summed E-state index contributed by atoms with van der Waals surface area (Å²) in [5.41, 5.74) is 0.908. The van der Waals surface area contributed by atoms with E-state index in [1.165, 1.54) is 7.11 Å². The summed E-state index contributed by atoms with van der Waals surface area (Å²) in [6, 6.07) is 8.56. The van der Waals surface area contributed by atoms with E-state index >= 15 is 0 Å². The highest BCUT2D eigenvalue weighted by atomic mass is 16.5. The third kappa shape index (κ3) is 6.36. The number of nitrogens with one attached hydrogen (secondary N) is 3. The third-order valence-electron chi connectivity index (χ3n) is 2.91. The van der Waals surface area contributed by atoms with Crippen molar-refractivity contribution in [2.75, 3.05) is 27.2 Å². The summed E-state index contributed by atoms with van der Waals surface area (Å²) in [6.07, 6.45) is 0.337. The number of carbonyl (C=O) groups is 3. The summed E-state index contributed by atoms with van der Waals surface area (Å²) in [4.78, 5) is 34.9. The molecule has 7 heteroatoms. The van der Waals surface area contributed by atoms with Gasteiger partial charge in [0.2, 0.25) is 11.8 Å². The molecular weight excluding hydrogens is 286 g/mol. The van der Waals surface area contributed by atoms with Crippen LogP contribution < -0.4 is 16.0 Å². The van der Waals surface area contributed by atoms with E-state index in [2.05, 4.69) is 20.7 Å². The summed E-state index contributed by atoms with van der Waals surface area (Å²) in [7, 11) is 2.88. The second-order valence-corrected chi connectivity index (χ2v) is 4.63. The van der Waals surface area contributed by atoms with Crippen molar-refractivity contribution in [1.82, 2.24) is 16.0 Å². The molecule has 0 aliphatic rings. The van der Waals surface area contributed by atoms with Crippen LogP contribution in [0, 0.1) is 0 Å². The standard InChI is InChI=1S/C15H21N3O4/c1-16-9-13(19)18-12(8-11-6-4-3-5-7-11)15(21)17-10-14(20)22-2/h3-7,12,16H,8-10H2,1-2H3,(H,17,21)(H,18,19)/t12-/m0/s1. The van der Waals surface area contributed by atoms with E-state index in [0.717, 1.165) is 5.56 Å². The fourth-order valence-electron chi connectivity index (χ4n) is 1.82. The SMILES string of the molecule is CNCC(=O)N[C@@H](Cc1ccccc1)C(=O)NCC(=O)OC. The lowest BCUT2D eigenvalue weighted by Crippen LogP contribution is -2.50. The fourth-order valence-corrected chi connectivity index (χ4v) is 1.82. The maximum Gasteiger partial charge on any atom is 0.325 e. The minimum atomic E-state index is -0.757. The molecule has 1 atom stereocenters. The number of esters is 1. The third-order valence-corrected chi connectivity index (χ3v) is 2.91. The molecule has 0 fully saturated rings. The number of hydrogen-bond donors (Lipinski definition) is 3. The maximum absolute atomic E-state index is 12.2. The Balaban J connectivity index is 2.70. The van der Waals surface area contributed by atoms with Gasteiger partial charge in [-0.05, 0) is 12.6 Å². The molecule has 1 rings (SSSR count). The highest BCUT2D eigenvalue weighted by Gasteiger charge is 2.21. The number of amides is 2. The van der Waals surface area contributed by atoms with Crippen LogP contribution in [-0.2, 0) is 25.5 Å². The van der Waals surface area contributed by atoms with Gasteiger partial charge in [0.1, 0.15) is 12.6 Å². The average Bonchev–Trinajstić information content (AvgIpc) is 2.52. The minimum absolute atomic E-state index is 0.107. The molecule has 0 aliphatic carbocycles. The number of carbonyl (C=O) groups excluding carboxylic acids is 3. The molecule has 2 amide bonds. The van der Waals surface area contributed by atoms with Crippen molar-refractivity contribution in [3.63, 3.8) is 0 Å². The molecule has 3 N–H and O–H groups in total. The van der Waals surface area contributed by atoms with Gasteiger partial charge in [0.05, 0.1) is 13.7 Å². The Labute approximate surface area is 129 Å². The van der Waals surface area contributed by atoms with Gasteiger partial charge in [0.15, 0.2) is 0 Å². The van der Waals surface area contributed by atoms with Crippen LogP contribution in [-0.4, -0.2) is 51.1 Å². The van der Waals surface area contributed by atoms with Gasteiger partial charge in [0.25, 0.3) is 0 Å². The van der Waals surface area contributed by atoms with Gasteiger partial charge >= 0.3 is 5.97 Å². The predicted octanol–water partition coefficient (Wildman–Crippen LogP) is -0.777. The van der Waals surface area contributed by atoms with Crippen molar-refractivity contribution in [2.45, 2.75) is 12.5 Å². The van der Waals surface area contributed by atoms with Crippen molar-refractivity contribution < 1.29 is 19.1 Å². The summed E-state index contributed by atoms with van der Waals surface area (Å²) >= 11 is 0. The highest BCUT2D eigenvalue weighted by Crippen LogP contribution is 2.03. The molecule has 120 valence electrons. The first-order valence-corrected chi connectivity index (χ1v) is 6.89. The second-order valence-electron chi connectivity index (χ2n) is 4.63. The molecule has 0 radical (unpaired) electrons. The van der Waals surface area contributed by atoms with Gasteiger partial charge in [-0.15, -0.1) is 0 Å². The van der Waals surface area contributed by atoms with Crippen LogP contribution in [0.1, 0.15) is 5.56 Å². The summed E-state index contributed by atoms with van der Waals surface area (Å²) in [6.45, 7) is -0.127. The first kappa shape index (κ1) is 17.6. The van der Waals surface area contributed by atoms with Gasteiger partial charge in [-0.25, -0.2) is 0 Å². The molecule has 0 saturated heterocycles. The molecule has 0 aliphatic heterocycles. The monoisotopic (exact) mass is 307 g/mol. The van der Waals surface area contributed by atoms with E-state index in [4.69, 9.17) is 0 Å². The minimum Gasteiger partial charge on any atom is -0.468 e. The number of ether oxygens (including phenoxy) is 1. The van der Waals surface area contributed by atoms with Crippen molar-refractivity contribution in [1.29, 1.82) is 0 Å². The Morgan fingerprint density at radius 3 is 2.41 bits per heavy atom. The van der Waals surface area contributed by atoms with E-state index in [-0.39, 0.29) is 19.0 Å². The lowest BCUT2D eigenvalue weighted by atomic mass is 10.1. The Hall–Kier alpha value is -2.41. The number of likely N-dealkylation sites (N-methyl/N-ethyl adjacent to an activating group) is 1. The molecule has 0 heterocycles. The van der Waals surface area contributed by atoms with E-state index in [1.807, 2.05) is 30.3 Å². The van der Waals surface area contributed by atoms with E-state index in [9.17, 15) is 14.4 Å². The molecule has 0 saturated carbocycles. The van der Waals surface area contributed by atoms with Crippen molar-refractivity contribution in [3.05, 3.63) is 35.9 Å².